The molecular weight excluding hydrogens is 174 g/mol. The van der Waals surface area contributed by atoms with Gasteiger partial charge in [0.25, 0.3) is 0 Å². The summed E-state index contributed by atoms with van der Waals surface area (Å²) in [5, 5.41) is 0. The Hall–Kier alpha value is -0.730. The molecule has 0 aromatic rings. The zero-order valence-electron chi connectivity index (χ0n) is 9.45. The summed E-state index contributed by atoms with van der Waals surface area (Å²) >= 11 is 0. The van der Waals surface area contributed by atoms with Crippen LogP contribution < -0.4 is 5.73 Å². The van der Waals surface area contributed by atoms with E-state index >= 15 is 0 Å². The molecule has 2 rings (SSSR count). The van der Waals surface area contributed by atoms with Gasteiger partial charge < -0.3 is 10.6 Å². The maximum atomic E-state index is 5.94. The Kier molecular flexibility index (Phi) is 2.20. The molecule has 1 heterocycles. The van der Waals surface area contributed by atoms with Gasteiger partial charge >= 0.3 is 0 Å². The first-order chi connectivity index (χ1) is 6.54. The highest BCUT2D eigenvalue weighted by atomic mass is 15.4. The minimum atomic E-state index is 0.159. The summed E-state index contributed by atoms with van der Waals surface area (Å²) in [5.74, 6) is 2.24. The maximum Gasteiger partial charge on any atom is 0.191 e. The summed E-state index contributed by atoms with van der Waals surface area (Å²) in [6, 6.07) is 0. The van der Waals surface area contributed by atoms with E-state index in [-0.39, 0.29) is 5.54 Å². The summed E-state index contributed by atoms with van der Waals surface area (Å²) in [5.41, 5.74) is 6.10. The van der Waals surface area contributed by atoms with Crippen LogP contribution in [-0.2, 0) is 0 Å². The van der Waals surface area contributed by atoms with Crippen molar-refractivity contribution in [1.29, 1.82) is 0 Å². The predicted octanol–water partition coefficient (Wildman–Crippen LogP) is 1.44. The first-order valence-electron chi connectivity index (χ1n) is 5.61. The van der Waals surface area contributed by atoms with Crippen LogP contribution in [0, 0.1) is 11.8 Å². The quantitative estimate of drug-likeness (QED) is 0.740. The van der Waals surface area contributed by atoms with E-state index in [4.69, 9.17) is 5.73 Å². The molecule has 0 radical (unpaired) electrons. The highest BCUT2D eigenvalue weighted by Gasteiger charge is 2.42. The molecule has 1 aliphatic carbocycles. The van der Waals surface area contributed by atoms with E-state index in [0.717, 1.165) is 25.0 Å². The van der Waals surface area contributed by atoms with Crippen molar-refractivity contribution in [2.24, 2.45) is 22.6 Å². The number of hydrogen-bond donors (Lipinski definition) is 1. The molecule has 2 N–H and O–H groups in total. The van der Waals surface area contributed by atoms with Crippen molar-refractivity contribution >= 4 is 5.96 Å². The van der Waals surface area contributed by atoms with E-state index in [1.165, 1.54) is 12.8 Å². The Bertz CT molecular complexity index is 255. The SMILES string of the molecule is CC(C)C1(C)CN=C(N)N1CC1CC1. The average Bonchev–Trinajstić information content (AvgIpc) is 2.88. The molecule has 1 aliphatic heterocycles. The van der Waals surface area contributed by atoms with E-state index < -0.39 is 0 Å². The Morgan fingerprint density at radius 3 is 2.71 bits per heavy atom. The second kappa shape index (κ2) is 3.14. The van der Waals surface area contributed by atoms with Gasteiger partial charge in [0.1, 0.15) is 0 Å². The van der Waals surface area contributed by atoms with Gasteiger partial charge in [-0.1, -0.05) is 13.8 Å². The van der Waals surface area contributed by atoms with Crippen LogP contribution in [0.25, 0.3) is 0 Å². The zero-order valence-corrected chi connectivity index (χ0v) is 9.45. The number of nitrogens with two attached hydrogens (primary N) is 1. The van der Waals surface area contributed by atoms with E-state index in [0.29, 0.717) is 5.92 Å². The Morgan fingerprint density at radius 1 is 1.57 bits per heavy atom. The molecule has 14 heavy (non-hydrogen) atoms. The Balaban J connectivity index is 2.10. The lowest BCUT2D eigenvalue weighted by atomic mass is 9.87. The van der Waals surface area contributed by atoms with Crippen molar-refractivity contribution in [3.8, 4) is 0 Å². The molecule has 0 amide bonds. The Morgan fingerprint density at radius 2 is 2.21 bits per heavy atom. The fourth-order valence-electron chi connectivity index (χ4n) is 2.03. The Labute approximate surface area is 86.4 Å². The van der Waals surface area contributed by atoms with Crippen LogP contribution in [0.15, 0.2) is 4.99 Å². The lowest BCUT2D eigenvalue weighted by molar-refractivity contribution is 0.154. The minimum Gasteiger partial charge on any atom is -0.370 e. The van der Waals surface area contributed by atoms with Crippen molar-refractivity contribution < 1.29 is 0 Å². The summed E-state index contributed by atoms with van der Waals surface area (Å²) < 4.78 is 0. The highest BCUT2D eigenvalue weighted by molar-refractivity contribution is 5.81. The van der Waals surface area contributed by atoms with E-state index in [1.807, 2.05) is 0 Å². The van der Waals surface area contributed by atoms with Crippen molar-refractivity contribution in [3.05, 3.63) is 0 Å². The second-order valence-corrected chi connectivity index (χ2v) is 5.24. The topological polar surface area (TPSA) is 41.6 Å². The number of rotatable bonds is 3. The molecule has 0 aromatic carbocycles. The molecule has 1 fully saturated rings. The van der Waals surface area contributed by atoms with Gasteiger partial charge in [-0.05, 0) is 31.6 Å². The van der Waals surface area contributed by atoms with Crippen LogP contribution >= 0.6 is 0 Å². The highest BCUT2D eigenvalue weighted by Crippen LogP contribution is 2.36. The lowest BCUT2D eigenvalue weighted by Crippen LogP contribution is -2.53. The molecule has 1 saturated carbocycles. The molecule has 1 atom stereocenters. The summed E-state index contributed by atoms with van der Waals surface area (Å²) in [4.78, 5) is 6.72. The normalized spacial score (nSPS) is 32.6. The van der Waals surface area contributed by atoms with Crippen LogP contribution in [0.1, 0.15) is 33.6 Å². The van der Waals surface area contributed by atoms with Gasteiger partial charge in [-0.25, -0.2) is 0 Å². The summed E-state index contributed by atoms with van der Waals surface area (Å²) in [7, 11) is 0. The molecule has 3 heteroatoms. The number of aliphatic imine (C=N–C) groups is 1. The first kappa shape index (κ1) is 9.81. The zero-order chi connectivity index (χ0) is 10.3. The molecule has 0 saturated heterocycles. The van der Waals surface area contributed by atoms with Crippen LogP contribution in [0.3, 0.4) is 0 Å². The smallest absolute Gasteiger partial charge is 0.191 e. The van der Waals surface area contributed by atoms with Gasteiger partial charge in [0, 0.05) is 6.54 Å². The van der Waals surface area contributed by atoms with Crippen molar-refractivity contribution in [3.63, 3.8) is 0 Å². The van der Waals surface area contributed by atoms with Gasteiger partial charge in [-0.2, -0.15) is 0 Å². The summed E-state index contributed by atoms with van der Waals surface area (Å²) in [6.07, 6.45) is 2.75. The fourth-order valence-corrected chi connectivity index (χ4v) is 2.03. The monoisotopic (exact) mass is 195 g/mol. The number of hydrogen-bond acceptors (Lipinski definition) is 3. The van der Waals surface area contributed by atoms with E-state index in [9.17, 15) is 0 Å². The third-order valence-corrected chi connectivity index (χ3v) is 3.84. The van der Waals surface area contributed by atoms with Gasteiger partial charge in [0.2, 0.25) is 0 Å². The van der Waals surface area contributed by atoms with Gasteiger partial charge in [-0.3, -0.25) is 4.99 Å². The van der Waals surface area contributed by atoms with Gasteiger partial charge in [0.05, 0.1) is 12.1 Å². The van der Waals surface area contributed by atoms with Crippen LogP contribution in [0.4, 0.5) is 0 Å². The third-order valence-electron chi connectivity index (χ3n) is 3.84. The molecule has 2 aliphatic rings. The van der Waals surface area contributed by atoms with Crippen molar-refractivity contribution in [1.82, 2.24) is 4.90 Å². The minimum absolute atomic E-state index is 0.159. The molecular formula is C11H21N3. The van der Waals surface area contributed by atoms with Crippen LogP contribution in [-0.4, -0.2) is 29.5 Å². The number of guanidine groups is 1. The molecule has 1 unspecified atom stereocenters. The van der Waals surface area contributed by atoms with E-state index in [2.05, 4.69) is 30.7 Å². The largest absolute Gasteiger partial charge is 0.370 e. The molecule has 0 aromatic heterocycles. The summed E-state index contributed by atoms with van der Waals surface area (Å²) in [6.45, 7) is 8.78. The average molecular weight is 195 g/mol. The van der Waals surface area contributed by atoms with Crippen molar-refractivity contribution in [2.75, 3.05) is 13.1 Å². The van der Waals surface area contributed by atoms with Gasteiger partial charge in [0.15, 0.2) is 5.96 Å². The first-order valence-corrected chi connectivity index (χ1v) is 5.61. The predicted molar refractivity (Wildman–Crippen MR) is 59.2 cm³/mol. The van der Waals surface area contributed by atoms with E-state index in [1.54, 1.807) is 0 Å². The van der Waals surface area contributed by atoms with Crippen molar-refractivity contribution in [2.45, 2.75) is 39.2 Å². The molecule has 3 nitrogen and oxygen atoms in total. The number of nitrogens with zero attached hydrogens (tertiary/aromatic N) is 2. The fraction of sp³-hybridized carbons (Fsp3) is 0.909. The third kappa shape index (κ3) is 1.49. The molecule has 0 spiro atoms. The van der Waals surface area contributed by atoms with Crippen LogP contribution in [0.2, 0.25) is 0 Å². The molecule has 80 valence electrons. The standard InChI is InChI=1S/C11H21N3/c1-8(2)11(3)7-13-10(12)14(11)6-9-4-5-9/h8-9H,4-7H2,1-3H3,(H2,12,13). The van der Waals surface area contributed by atoms with Gasteiger partial charge in [-0.15, -0.1) is 0 Å². The molecule has 0 bridgehead atoms. The van der Waals surface area contributed by atoms with Crippen LogP contribution in [0.5, 0.6) is 0 Å². The maximum absolute atomic E-state index is 5.94. The second-order valence-electron chi connectivity index (χ2n) is 5.24. The lowest BCUT2D eigenvalue weighted by Gasteiger charge is -2.39.